The van der Waals surface area contributed by atoms with Gasteiger partial charge in [-0.3, -0.25) is 9.55 Å². The topological polar surface area (TPSA) is 89.6 Å². The van der Waals surface area contributed by atoms with E-state index >= 15 is 0 Å². The second-order valence-electron chi connectivity index (χ2n) is 4.37. The Labute approximate surface area is 119 Å². The lowest BCUT2D eigenvalue weighted by molar-refractivity contribution is 0.766. The van der Waals surface area contributed by atoms with Crippen molar-refractivity contribution in [3.8, 4) is 0 Å². The van der Waals surface area contributed by atoms with Crippen LogP contribution in [0.1, 0.15) is 5.56 Å². The highest BCUT2D eigenvalue weighted by Crippen LogP contribution is 2.27. The van der Waals surface area contributed by atoms with E-state index in [4.69, 9.17) is 5.73 Å². The first-order valence-electron chi connectivity index (χ1n) is 6.03. The number of benzene rings is 1. The number of nitrogens with one attached hydrogen (secondary N) is 1. The molecule has 0 radical (unpaired) electrons. The molecule has 0 amide bonds. The smallest absolute Gasteiger partial charge is 0.343 e. The molecule has 3 N–H and O–H groups in total. The fraction of sp³-hybridized carbons (Fsp3) is 0.154. The van der Waals surface area contributed by atoms with Crippen LogP contribution in [-0.2, 0) is 12.8 Å². The minimum Gasteiger partial charge on any atom is -0.398 e. The number of aromatic nitrogens is 4. The molecule has 1 aromatic carbocycles. The lowest BCUT2D eigenvalue weighted by atomic mass is 10.1. The molecule has 7 heteroatoms. The summed E-state index contributed by atoms with van der Waals surface area (Å²) in [4.78, 5) is 15.7. The van der Waals surface area contributed by atoms with Crippen LogP contribution in [0.4, 0.5) is 5.69 Å². The minimum absolute atomic E-state index is 0.215. The van der Waals surface area contributed by atoms with Gasteiger partial charge in [-0.1, -0.05) is 17.8 Å². The van der Waals surface area contributed by atoms with Gasteiger partial charge in [0.15, 0.2) is 5.16 Å². The van der Waals surface area contributed by atoms with Gasteiger partial charge in [0.05, 0.1) is 5.52 Å². The van der Waals surface area contributed by atoms with Crippen LogP contribution >= 0.6 is 11.8 Å². The SMILES string of the molecule is Cn1c(SCc2ccc(N)c3cccnc23)n[nH]c1=O. The number of nitrogen functional groups attached to an aromatic ring is 1. The lowest BCUT2D eigenvalue weighted by Crippen LogP contribution is -2.12. The summed E-state index contributed by atoms with van der Waals surface area (Å²) in [5.74, 6) is 0.673. The van der Waals surface area contributed by atoms with E-state index in [9.17, 15) is 4.79 Å². The maximum Gasteiger partial charge on any atom is 0.343 e. The molecule has 2 aromatic heterocycles. The predicted octanol–water partition coefficient (Wildman–Crippen LogP) is 1.53. The molecule has 0 aliphatic heterocycles. The summed E-state index contributed by atoms with van der Waals surface area (Å²) in [5.41, 5.74) is 8.41. The van der Waals surface area contributed by atoms with Crippen molar-refractivity contribution in [2.24, 2.45) is 7.05 Å². The summed E-state index contributed by atoms with van der Waals surface area (Å²) in [5, 5.41) is 7.99. The van der Waals surface area contributed by atoms with Crippen molar-refractivity contribution in [1.29, 1.82) is 0 Å². The molecule has 3 aromatic rings. The van der Waals surface area contributed by atoms with Crippen LogP contribution in [0, 0.1) is 0 Å². The lowest BCUT2D eigenvalue weighted by Gasteiger charge is -2.07. The molecule has 3 rings (SSSR count). The molecule has 102 valence electrons. The van der Waals surface area contributed by atoms with Gasteiger partial charge < -0.3 is 5.73 Å². The van der Waals surface area contributed by atoms with E-state index in [-0.39, 0.29) is 5.69 Å². The third kappa shape index (κ3) is 2.16. The van der Waals surface area contributed by atoms with Gasteiger partial charge in [-0.2, -0.15) is 0 Å². The van der Waals surface area contributed by atoms with E-state index in [1.54, 1.807) is 13.2 Å². The zero-order valence-corrected chi connectivity index (χ0v) is 11.6. The second-order valence-corrected chi connectivity index (χ2v) is 5.32. The Hall–Kier alpha value is -2.28. The Balaban J connectivity index is 1.94. The number of nitrogens with two attached hydrogens (primary N) is 1. The number of H-pyrrole nitrogens is 1. The number of anilines is 1. The van der Waals surface area contributed by atoms with Crippen molar-refractivity contribution in [2.75, 3.05) is 5.73 Å². The molecular formula is C13H13N5OS. The quantitative estimate of drug-likeness (QED) is 0.563. The zero-order chi connectivity index (χ0) is 14.1. The van der Waals surface area contributed by atoms with E-state index in [0.29, 0.717) is 16.6 Å². The van der Waals surface area contributed by atoms with Gasteiger partial charge in [0.25, 0.3) is 0 Å². The van der Waals surface area contributed by atoms with Crippen LogP contribution in [0.15, 0.2) is 40.4 Å². The minimum atomic E-state index is -0.215. The highest BCUT2D eigenvalue weighted by molar-refractivity contribution is 7.98. The number of hydrogen-bond acceptors (Lipinski definition) is 5. The maximum absolute atomic E-state index is 11.3. The van der Waals surface area contributed by atoms with Crippen LogP contribution in [0.5, 0.6) is 0 Å². The van der Waals surface area contributed by atoms with Crippen LogP contribution in [0.25, 0.3) is 10.9 Å². The molecule has 0 atom stereocenters. The number of thioether (sulfide) groups is 1. The van der Waals surface area contributed by atoms with Gasteiger partial charge in [0.2, 0.25) is 0 Å². The highest BCUT2D eigenvalue weighted by Gasteiger charge is 2.09. The van der Waals surface area contributed by atoms with Gasteiger partial charge >= 0.3 is 5.69 Å². The first-order chi connectivity index (χ1) is 9.66. The molecule has 20 heavy (non-hydrogen) atoms. The second kappa shape index (κ2) is 5.01. The summed E-state index contributed by atoms with van der Waals surface area (Å²) < 4.78 is 1.48. The highest BCUT2D eigenvalue weighted by atomic mass is 32.2. The molecule has 0 saturated carbocycles. The number of pyridine rings is 1. The molecule has 2 heterocycles. The first-order valence-corrected chi connectivity index (χ1v) is 7.01. The van der Waals surface area contributed by atoms with Crippen molar-refractivity contribution in [3.05, 3.63) is 46.5 Å². The van der Waals surface area contributed by atoms with Gasteiger partial charge in [-0.25, -0.2) is 9.89 Å². The zero-order valence-electron chi connectivity index (χ0n) is 10.8. The Kier molecular flexibility index (Phi) is 3.19. The third-order valence-corrected chi connectivity index (χ3v) is 4.16. The Morgan fingerprint density at radius 3 is 3.00 bits per heavy atom. The normalized spacial score (nSPS) is 11.1. The van der Waals surface area contributed by atoms with E-state index in [1.807, 2.05) is 24.3 Å². The number of hydrogen-bond donors (Lipinski definition) is 2. The standard InChI is InChI=1S/C13H13N5OS/c1-18-12(19)16-17-13(18)20-7-8-4-5-10(14)9-3-2-6-15-11(8)9/h2-6H,7,14H2,1H3,(H,16,19). The molecule has 0 aliphatic carbocycles. The van der Waals surface area contributed by atoms with Gasteiger partial charge in [0.1, 0.15) is 0 Å². The number of rotatable bonds is 3. The largest absolute Gasteiger partial charge is 0.398 e. The maximum atomic E-state index is 11.3. The average Bonchev–Trinajstić information content (AvgIpc) is 2.79. The van der Waals surface area contributed by atoms with E-state index in [0.717, 1.165) is 16.5 Å². The van der Waals surface area contributed by atoms with Crippen LogP contribution in [-0.4, -0.2) is 19.7 Å². The summed E-state index contributed by atoms with van der Waals surface area (Å²) in [7, 11) is 1.69. The average molecular weight is 287 g/mol. The monoisotopic (exact) mass is 287 g/mol. The number of aromatic amines is 1. The predicted molar refractivity (Wildman–Crippen MR) is 79.5 cm³/mol. The summed E-state index contributed by atoms with van der Waals surface area (Å²) >= 11 is 1.48. The Bertz CT molecular complexity index is 823. The number of fused-ring (bicyclic) bond motifs is 1. The van der Waals surface area contributed by atoms with E-state index in [1.165, 1.54) is 16.3 Å². The van der Waals surface area contributed by atoms with Crippen molar-refractivity contribution in [1.82, 2.24) is 19.7 Å². The first kappa shape index (κ1) is 12.7. The summed E-state index contributed by atoms with van der Waals surface area (Å²) in [6.07, 6.45) is 1.75. The van der Waals surface area contributed by atoms with E-state index < -0.39 is 0 Å². The molecular weight excluding hydrogens is 274 g/mol. The van der Waals surface area contributed by atoms with Crippen LogP contribution in [0.2, 0.25) is 0 Å². The van der Waals surface area contributed by atoms with Gasteiger partial charge in [0, 0.05) is 30.1 Å². The van der Waals surface area contributed by atoms with Crippen molar-refractivity contribution in [3.63, 3.8) is 0 Å². The molecule has 6 nitrogen and oxygen atoms in total. The van der Waals surface area contributed by atoms with Crippen LogP contribution in [0.3, 0.4) is 0 Å². The van der Waals surface area contributed by atoms with Gasteiger partial charge in [-0.15, -0.1) is 5.10 Å². The van der Waals surface area contributed by atoms with Crippen LogP contribution < -0.4 is 11.4 Å². The van der Waals surface area contributed by atoms with Crippen molar-refractivity contribution in [2.45, 2.75) is 10.9 Å². The fourth-order valence-corrected chi connectivity index (χ4v) is 2.88. The van der Waals surface area contributed by atoms with E-state index in [2.05, 4.69) is 15.2 Å². The summed E-state index contributed by atoms with van der Waals surface area (Å²) in [6, 6.07) is 7.66. The van der Waals surface area contributed by atoms with Crippen molar-refractivity contribution < 1.29 is 0 Å². The van der Waals surface area contributed by atoms with Gasteiger partial charge in [-0.05, 0) is 23.8 Å². The summed E-state index contributed by atoms with van der Waals surface area (Å²) in [6.45, 7) is 0. The fourth-order valence-electron chi connectivity index (χ4n) is 1.97. The molecule has 0 unspecified atom stereocenters. The Morgan fingerprint density at radius 2 is 2.25 bits per heavy atom. The third-order valence-electron chi connectivity index (χ3n) is 3.08. The molecule has 0 fully saturated rings. The molecule has 0 spiro atoms. The molecule has 0 bridgehead atoms. The number of nitrogens with zero attached hydrogens (tertiary/aromatic N) is 3. The van der Waals surface area contributed by atoms with Crippen molar-refractivity contribution >= 4 is 28.4 Å². The molecule has 0 aliphatic rings. The Morgan fingerprint density at radius 1 is 1.40 bits per heavy atom. The molecule has 0 saturated heterocycles.